The van der Waals surface area contributed by atoms with Gasteiger partial charge in [0.1, 0.15) is 11.6 Å². The molecule has 0 unspecified atom stereocenters. The molecule has 0 bridgehead atoms. The van der Waals surface area contributed by atoms with Gasteiger partial charge in [0, 0.05) is 48.7 Å². The van der Waals surface area contributed by atoms with Crippen LogP contribution >= 0.6 is 0 Å². The number of nitrogens with one attached hydrogen (secondary N) is 3. The van der Waals surface area contributed by atoms with Gasteiger partial charge in [-0.15, -0.1) is 0 Å². The van der Waals surface area contributed by atoms with Crippen LogP contribution in [0, 0.1) is 0 Å². The zero-order valence-electron chi connectivity index (χ0n) is 23.3. The standard InChI is InChI=1S/C31H41N5O3/c1-31(2,3)39-30(38)34-27(18-23-19-32-25-13-8-7-12-24(23)25)29(37)33-26-14-9-16-36-21-35(17-15-28(26)36)20-22-10-5-4-6-11-22/h4-8,10-13,19,26-28,32H,9,14-18,20-21H2,1-3H3,(H,33,37)(H,34,38)/t26-,27+,28+/m1/s1. The molecule has 2 aromatic carbocycles. The fourth-order valence-corrected chi connectivity index (χ4v) is 5.93. The molecule has 3 aromatic rings. The molecule has 2 aliphatic rings. The molecule has 1 aromatic heterocycles. The van der Waals surface area contributed by atoms with E-state index in [1.165, 1.54) is 5.56 Å². The molecular weight excluding hydrogens is 490 g/mol. The van der Waals surface area contributed by atoms with Gasteiger partial charge in [-0.3, -0.25) is 14.6 Å². The van der Waals surface area contributed by atoms with Gasteiger partial charge in [0.2, 0.25) is 5.91 Å². The van der Waals surface area contributed by atoms with Crippen LogP contribution in [0.15, 0.2) is 60.8 Å². The number of benzene rings is 2. The Hall–Kier alpha value is -3.36. The molecule has 0 aliphatic carbocycles. The number of H-pyrrole nitrogens is 1. The number of carbonyl (C=O) groups excluding carboxylic acids is 2. The zero-order chi connectivity index (χ0) is 27.4. The van der Waals surface area contributed by atoms with Crippen molar-refractivity contribution in [2.75, 3.05) is 19.8 Å². The van der Waals surface area contributed by atoms with Gasteiger partial charge in [0.15, 0.2) is 0 Å². The molecule has 0 saturated carbocycles. The van der Waals surface area contributed by atoms with Crippen molar-refractivity contribution in [3.8, 4) is 0 Å². The van der Waals surface area contributed by atoms with Crippen LogP contribution < -0.4 is 10.6 Å². The van der Waals surface area contributed by atoms with Crippen LogP contribution in [0.25, 0.3) is 10.9 Å². The maximum absolute atomic E-state index is 13.7. The van der Waals surface area contributed by atoms with E-state index in [0.29, 0.717) is 12.5 Å². The SMILES string of the molecule is CC(C)(C)OC(=O)N[C@@H](Cc1c[nH]c2ccccc12)C(=O)N[C@@H]1CCCN2CN(Cc3ccccc3)CC[C@@H]12. The number of ether oxygens (including phenoxy) is 1. The summed E-state index contributed by atoms with van der Waals surface area (Å²) in [4.78, 5) is 34.7. The first-order valence-electron chi connectivity index (χ1n) is 14.1. The predicted molar refractivity (Wildman–Crippen MR) is 153 cm³/mol. The van der Waals surface area contributed by atoms with E-state index >= 15 is 0 Å². The van der Waals surface area contributed by atoms with Crippen molar-refractivity contribution >= 4 is 22.9 Å². The third-order valence-electron chi connectivity index (χ3n) is 7.70. The van der Waals surface area contributed by atoms with Gasteiger partial charge in [-0.1, -0.05) is 48.5 Å². The summed E-state index contributed by atoms with van der Waals surface area (Å²) < 4.78 is 5.51. The van der Waals surface area contributed by atoms with Crippen LogP contribution in [-0.4, -0.2) is 70.3 Å². The summed E-state index contributed by atoms with van der Waals surface area (Å²) in [5.74, 6) is -0.162. The number of alkyl carbamates (subject to hydrolysis) is 1. The lowest BCUT2D eigenvalue weighted by Gasteiger charge is -2.48. The molecular formula is C31H41N5O3. The van der Waals surface area contributed by atoms with Gasteiger partial charge in [-0.25, -0.2) is 4.79 Å². The van der Waals surface area contributed by atoms with Crippen molar-refractivity contribution in [2.24, 2.45) is 0 Å². The molecule has 8 nitrogen and oxygen atoms in total. The molecule has 2 saturated heterocycles. The fraction of sp³-hybridized carbons (Fsp3) is 0.484. The average Bonchev–Trinajstić information content (AvgIpc) is 3.30. The van der Waals surface area contributed by atoms with Crippen LogP contribution in [-0.2, 0) is 22.5 Å². The number of amides is 2. The number of hydrogen-bond acceptors (Lipinski definition) is 5. The quantitative estimate of drug-likeness (QED) is 0.420. The first-order chi connectivity index (χ1) is 18.7. The number of fused-ring (bicyclic) bond motifs is 2. The first-order valence-corrected chi connectivity index (χ1v) is 14.1. The number of nitrogens with zero attached hydrogens (tertiary/aromatic N) is 2. The van der Waals surface area contributed by atoms with Gasteiger partial charge < -0.3 is 20.4 Å². The molecule has 3 heterocycles. The zero-order valence-corrected chi connectivity index (χ0v) is 23.3. The Morgan fingerprint density at radius 1 is 1.05 bits per heavy atom. The molecule has 39 heavy (non-hydrogen) atoms. The summed E-state index contributed by atoms with van der Waals surface area (Å²) in [6.45, 7) is 9.34. The number of aromatic nitrogens is 1. The number of carbonyl (C=O) groups is 2. The van der Waals surface area contributed by atoms with Crippen LogP contribution in [0.1, 0.15) is 51.2 Å². The maximum Gasteiger partial charge on any atom is 0.408 e. The maximum atomic E-state index is 13.7. The van der Waals surface area contributed by atoms with E-state index in [9.17, 15) is 9.59 Å². The monoisotopic (exact) mass is 531 g/mol. The molecule has 2 aliphatic heterocycles. The summed E-state index contributed by atoms with van der Waals surface area (Å²) in [5, 5.41) is 7.25. The average molecular weight is 532 g/mol. The number of aromatic amines is 1. The van der Waals surface area contributed by atoms with Crippen LogP contribution in [0.3, 0.4) is 0 Å². The van der Waals surface area contributed by atoms with E-state index in [4.69, 9.17) is 4.74 Å². The number of hydrogen-bond donors (Lipinski definition) is 3. The number of rotatable bonds is 7. The predicted octanol–water partition coefficient (Wildman–Crippen LogP) is 4.42. The van der Waals surface area contributed by atoms with Crippen molar-refractivity contribution in [2.45, 2.75) is 76.7 Å². The van der Waals surface area contributed by atoms with E-state index in [-0.39, 0.29) is 11.9 Å². The van der Waals surface area contributed by atoms with Gasteiger partial charge >= 0.3 is 6.09 Å². The molecule has 2 fully saturated rings. The number of para-hydroxylation sites is 1. The highest BCUT2D eigenvalue weighted by Gasteiger charge is 2.37. The van der Waals surface area contributed by atoms with Gasteiger partial charge in [0.25, 0.3) is 0 Å². The summed E-state index contributed by atoms with van der Waals surface area (Å²) >= 11 is 0. The van der Waals surface area contributed by atoms with E-state index in [0.717, 1.165) is 62.0 Å². The largest absolute Gasteiger partial charge is 0.444 e. The second kappa shape index (κ2) is 11.8. The second-order valence-corrected chi connectivity index (χ2v) is 11.9. The first kappa shape index (κ1) is 27.2. The Labute approximate surface area is 231 Å². The van der Waals surface area contributed by atoms with Gasteiger partial charge in [0.05, 0.1) is 6.67 Å². The topological polar surface area (TPSA) is 89.7 Å². The Kier molecular flexibility index (Phi) is 8.23. The summed E-state index contributed by atoms with van der Waals surface area (Å²) in [6, 6.07) is 18.2. The van der Waals surface area contributed by atoms with E-state index < -0.39 is 17.7 Å². The van der Waals surface area contributed by atoms with Crippen molar-refractivity contribution in [3.05, 3.63) is 71.9 Å². The molecule has 2 amide bonds. The minimum absolute atomic E-state index is 0.0519. The molecule has 208 valence electrons. The summed E-state index contributed by atoms with van der Waals surface area (Å²) in [7, 11) is 0. The van der Waals surface area contributed by atoms with E-state index in [1.54, 1.807) is 0 Å². The Morgan fingerprint density at radius 2 is 1.82 bits per heavy atom. The second-order valence-electron chi connectivity index (χ2n) is 11.9. The molecule has 8 heteroatoms. The van der Waals surface area contributed by atoms with E-state index in [2.05, 4.69) is 55.7 Å². The molecule has 0 spiro atoms. The third kappa shape index (κ3) is 6.99. The lowest BCUT2D eigenvalue weighted by molar-refractivity contribution is -0.125. The Balaban J connectivity index is 1.26. The molecule has 0 radical (unpaired) electrons. The Morgan fingerprint density at radius 3 is 2.62 bits per heavy atom. The van der Waals surface area contributed by atoms with Crippen LogP contribution in [0.4, 0.5) is 4.79 Å². The fourth-order valence-electron chi connectivity index (χ4n) is 5.93. The van der Waals surface area contributed by atoms with Crippen molar-refractivity contribution in [1.29, 1.82) is 0 Å². The third-order valence-corrected chi connectivity index (χ3v) is 7.70. The summed E-state index contributed by atoms with van der Waals surface area (Å²) in [5.41, 5.74) is 2.67. The van der Waals surface area contributed by atoms with Crippen LogP contribution in [0.2, 0.25) is 0 Å². The van der Waals surface area contributed by atoms with Gasteiger partial charge in [-0.05, 0) is 63.8 Å². The highest BCUT2D eigenvalue weighted by atomic mass is 16.6. The smallest absolute Gasteiger partial charge is 0.408 e. The summed E-state index contributed by atoms with van der Waals surface area (Å²) in [6.07, 6.45) is 4.70. The van der Waals surface area contributed by atoms with Crippen molar-refractivity contribution < 1.29 is 14.3 Å². The molecule has 3 N–H and O–H groups in total. The Bertz CT molecular complexity index is 1270. The number of piperidine rings is 1. The highest BCUT2D eigenvalue weighted by Crippen LogP contribution is 2.26. The normalized spacial score (nSPS) is 21.2. The highest BCUT2D eigenvalue weighted by molar-refractivity contribution is 5.88. The van der Waals surface area contributed by atoms with Gasteiger partial charge in [-0.2, -0.15) is 0 Å². The molecule has 5 rings (SSSR count). The van der Waals surface area contributed by atoms with Crippen molar-refractivity contribution in [1.82, 2.24) is 25.4 Å². The minimum Gasteiger partial charge on any atom is -0.444 e. The van der Waals surface area contributed by atoms with Crippen molar-refractivity contribution in [3.63, 3.8) is 0 Å². The van der Waals surface area contributed by atoms with Crippen LogP contribution in [0.5, 0.6) is 0 Å². The minimum atomic E-state index is -0.743. The lowest BCUT2D eigenvalue weighted by atomic mass is 9.91. The lowest BCUT2D eigenvalue weighted by Crippen LogP contribution is -2.63. The molecule has 3 atom stereocenters. The van der Waals surface area contributed by atoms with E-state index in [1.807, 2.05) is 51.2 Å².